The highest BCUT2D eigenvalue weighted by Gasteiger charge is 2.29. The Hall–Kier alpha value is -1.04. The second-order valence-electron chi connectivity index (χ2n) is 3.64. The molecule has 1 rings (SSSR count). The lowest BCUT2D eigenvalue weighted by Gasteiger charge is -2.12. The van der Waals surface area contributed by atoms with Crippen molar-refractivity contribution in [3.8, 4) is 0 Å². The van der Waals surface area contributed by atoms with Gasteiger partial charge in [-0.05, 0) is 24.9 Å². The topological polar surface area (TPSA) is 43.8 Å². The molecule has 0 saturated heterocycles. The van der Waals surface area contributed by atoms with Gasteiger partial charge in [-0.3, -0.25) is 4.68 Å². The van der Waals surface area contributed by atoms with Crippen molar-refractivity contribution in [1.29, 1.82) is 0 Å². The number of nitrogens with zero attached hydrogens (tertiary/aromatic N) is 2. The minimum absolute atomic E-state index is 0.161. The quantitative estimate of drug-likeness (QED) is 0.838. The molecule has 0 aliphatic carbocycles. The Labute approximate surface area is 86.1 Å². The molecule has 1 atom stereocenters. The van der Waals surface area contributed by atoms with Crippen molar-refractivity contribution in [2.75, 3.05) is 6.54 Å². The Kier molecular flexibility index (Phi) is 3.73. The van der Waals surface area contributed by atoms with Crippen LogP contribution in [0.1, 0.15) is 12.6 Å². The first-order valence-corrected chi connectivity index (χ1v) is 4.70. The van der Waals surface area contributed by atoms with E-state index in [9.17, 15) is 13.2 Å². The summed E-state index contributed by atoms with van der Waals surface area (Å²) in [6.45, 7) is 1.31. The van der Waals surface area contributed by atoms with Crippen LogP contribution in [0.5, 0.6) is 0 Å². The summed E-state index contributed by atoms with van der Waals surface area (Å²) in [6, 6.07) is 1.60. The van der Waals surface area contributed by atoms with Gasteiger partial charge in [0.15, 0.2) is 0 Å². The minimum atomic E-state index is -4.23. The van der Waals surface area contributed by atoms with Crippen LogP contribution in [0.4, 0.5) is 13.2 Å². The van der Waals surface area contributed by atoms with E-state index in [1.165, 1.54) is 6.20 Å². The van der Waals surface area contributed by atoms with Crippen LogP contribution in [0.15, 0.2) is 12.3 Å². The van der Waals surface area contributed by atoms with Crippen LogP contribution in [0.3, 0.4) is 0 Å². The van der Waals surface area contributed by atoms with Gasteiger partial charge in [-0.2, -0.15) is 18.3 Å². The molecular weight excluding hydrogens is 207 g/mol. The zero-order valence-electron chi connectivity index (χ0n) is 8.46. The molecule has 1 unspecified atom stereocenters. The summed E-state index contributed by atoms with van der Waals surface area (Å²) >= 11 is 0. The van der Waals surface area contributed by atoms with Crippen LogP contribution >= 0.6 is 0 Å². The fraction of sp³-hybridized carbons (Fsp3) is 0.667. The third-order valence-corrected chi connectivity index (χ3v) is 2.09. The van der Waals surface area contributed by atoms with E-state index in [0.29, 0.717) is 18.7 Å². The van der Waals surface area contributed by atoms with E-state index in [1.807, 2.05) is 6.92 Å². The van der Waals surface area contributed by atoms with Gasteiger partial charge in [0.1, 0.15) is 6.54 Å². The van der Waals surface area contributed by atoms with Crippen LogP contribution in [-0.2, 0) is 13.0 Å². The first-order valence-electron chi connectivity index (χ1n) is 4.70. The number of alkyl halides is 3. The molecule has 0 bridgehead atoms. The summed E-state index contributed by atoms with van der Waals surface area (Å²) < 4.78 is 37.4. The predicted octanol–water partition coefficient (Wildman–Crippen LogP) is 1.58. The van der Waals surface area contributed by atoms with Gasteiger partial charge in [-0.1, -0.05) is 6.92 Å². The molecule has 0 radical (unpaired) electrons. The highest BCUT2D eigenvalue weighted by atomic mass is 19.4. The van der Waals surface area contributed by atoms with Crippen LogP contribution in [0, 0.1) is 5.92 Å². The lowest BCUT2D eigenvalue weighted by molar-refractivity contribution is -0.143. The molecule has 3 nitrogen and oxygen atoms in total. The lowest BCUT2D eigenvalue weighted by Crippen LogP contribution is -2.22. The van der Waals surface area contributed by atoms with Crippen molar-refractivity contribution in [1.82, 2.24) is 9.78 Å². The molecule has 0 amide bonds. The van der Waals surface area contributed by atoms with Crippen molar-refractivity contribution in [3.05, 3.63) is 18.0 Å². The van der Waals surface area contributed by atoms with Crippen LogP contribution in [-0.4, -0.2) is 22.5 Å². The minimum Gasteiger partial charge on any atom is -0.330 e. The number of aromatic nitrogens is 2. The summed E-state index contributed by atoms with van der Waals surface area (Å²) in [6.07, 6.45) is -2.33. The summed E-state index contributed by atoms with van der Waals surface area (Å²) in [5.41, 5.74) is 5.99. The number of nitrogens with two attached hydrogens (primary N) is 1. The van der Waals surface area contributed by atoms with E-state index >= 15 is 0 Å². The molecule has 2 N–H and O–H groups in total. The van der Waals surface area contributed by atoms with Gasteiger partial charge in [0.05, 0.1) is 0 Å². The molecule has 1 aromatic heterocycles. The van der Waals surface area contributed by atoms with Gasteiger partial charge >= 0.3 is 6.18 Å². The lowest BCUT2D eigenvalue weighted by atomic mass is 10.1. The largest absolute Gasteiger partial charge is 0.408 e. The first-order chi connectivity index (χ1) is 6.92. The van der Waals surface area contributed by atoms with Crippen molar-refractivity contribution in [2.24, 2.45) is 11.7 Å². The number of hydrogen-bond donors (Lipinski definition) is 1. The maximum Gasteiger partial charge on any atom is 0.408 e. The molecule has 86 valence electrons. The molecule has 0 aromatic carbocycles. The first kappa shape index (κ1) is 12.0. The third-order valence-electron chi connectivity index (χ3n) is 2.09. The highest BCUT2D eigenvalue weighted by molar-refractivity contribution is 5.02. The maximum atomic E-state index is 12.1. The average Bonchev–Trinajstić information content (AvgIpc) is 2.50. The molecular formula is C9H14F3N3. The monoisotopic (exact) mass is 221 g/mol. The van der Waals surface area contributed by atoms with E-state index < -0.39 is 12.7 Å². The van der Waals surface area contributed by atoms with Gasteiger partial charge in [-0.15, -0.1) is 0 Å². The zero-order valence-corrected chi connectivity index (χ0v) is 8.46. The van der Waals surface area contributed by atoms with Gasteiger partial charge < -0.3 is 5.73 Å². The molecule has 1 aromatic rings. The van der Waals surface area contributed by atoms with Crippen LogP contribution < -0.4 is 5.73 Å². The van der Waals surface area contributed by atoms with E-state index in [0.717, 1.165) is 4.68 Å². The number of halogens is 3. The summed E-state index contributed by atoms with van der Waals surface area (Å²) in [7, 11) is 0. The molecule has 0 saturated carbocycles. The summed E-state index contributed by atoms with van der Waals surface area (Å²) in [5.74, 6) is 0.161. The molecule has 0 aliphatic rings. The summed E-state index contributed by atoms with van der Waals surface area (Å²) in [4.78, 5) is 0. The third kappa shape index (κ3) is 3.91. The fourth-order valence-electron chi connectivity index (χ4n) is 1.29. The van der Waals surface area contributed by atoms with Gasteiger partial charge in [0.25, 0.3) is 0 Å². The molecule has 15 heavy (non-hydrogen) atoms. The predicted molar refractivity (Wildman–Crippen MR) is 50.2 cm³/mol. The maximum absolute atomic E-state index is 12.1. The SMILES string of the molecule is CC(CN)Cc1ccnn1CC(F)(F)F. The Balaban J connectivity index is 2.69. The summed E-state index contributed by atoms with van der Waals surface area (Å²) in [5, 5.41) is 3.64. The Morgan fingerprint density at radius 1 is 1.53 bits per heavy atom. The van der Waals surface area contributed by atoms with Crippen LogP contribution in [0.25, 0.3) is 0 Å². The van der Waals surface area contributed by atoms with Crippen molar-refractivity contribution in [2.45, 2.75) is 26.1 Å². The Bertz CT molecular complexity index is 306. The van der Waals surface area contributed by atoms with Crippen molar-refractivity contribution >= 4 is 0 Å². The van der Waals surface area contributed by atoms with E-state index in [1.54, 1.807) is 6.07 Å². The standard InChI is InChI=1S/C9H14F3N3/c1-7(5-13)4-8-2-3-14-15(8)6-9(10,11)12/h2-3,7H,4-6,13H2,1H3. The van der Waals surface area contributed by atoms with E-state index in [4.69, 9.17) is 5.73 Å². The average molecular weight is 221 g/mol. The smallest absolute Gasteiger partial charge is 0.330 e. The number of rotatable bonds is 4. The molecule has 0 fully saturated rings. The van der Waals surface area contributed by atoms with Gasteiger partial charge in [0.2, 0.25) is 0 Å². The fourth-order valence-corrected chi connectivity index (χ4v) is 1.29. The number of hydrogen-bond acceptors (Lipinski definition) is 2. The zero-order chi connectivity index (χ0) is 11.5. The van der Waals surface area contributed by atoms with Crippen molar-refractivity contribution < 1.29 is 13.2 Å². The molecule has 0 aliphatic heterocycles. The molecule has 6 heteroatoms. The van der Waals surface area contributed by atoms with Gasteiger partial charge in [0, 0.05) is 11.9 Å². The second kappa shape index (κ2) is 4.65. The van der Waals surface area contributed by atoms with E-state index in [2.05, 4.69) is 5.10 Å². The Morgan fingerprint density at radius 3 is 2.73 bits per heavy atom. The van der Waals surface area contributed by atoms with Gasteiger partial charge in [-0.25, -0.2) is 0 Å². The molecule has 1 heterocycles. The van der Waals surface area contributed by atoms with Crippen LogP contribution in [0.2, 0.25) is 0 Å². The van der Waals surface area contributed by atoms with E-state index in [-0.39, 0.29) is 5.92 Å². The normalized spacial score (nSPS) is 14.2. The molecule has 0 spiro atoms. The highest BCUT2D eigenvalue weighted by Crippen LogP contribution is 2.18. The second-order valence-corrected chi connectivity index (χ2v) is 3.64. The Morgan fingerprint density at radius 2 is 2.20 bits per heavy atom. The van der Waals surface area contributed by atoms with Crippen molar-refractivity contribution in [3.63, 3.8) is 0 Å².